The molecule has 0 aliphatic heterocycles. The Morgan fingerprint density at radius 1 is 0.970 bits per heavy atom. The van der Waals surface area contributed by atoms with Gasteiger partial charge in [0.05, 0.1) is 31.5 Å². The van der Waals surface area contributed by atoms with Gasteiger partial charge >= 0.3 is 11.9 Å². The Labute approximate surface area is 191 Å². The van der Waals surface area contributed by atoms with Crippen LogP contribution in [-0.2, 0) is 20.7 Å². The van der Waals surface area contributed by atoms with Crippen LogP contribution in [0.2, 0.25) is 0 Å². The largest absolute Gasteiger partial charge is 0.465 e. The molecule has 8 nitrogen and oxygen atoms in total. The lowest BCUT2D eigenvalue weighted by atomic mass is 10.0. The number of rotatable bonds is 8. The number of hydrogen-bond donors (Lipinski definition) is 1. The third-order valence-corrected chi connectivity index (χ3v) is 5.04. The van der Waals surface area contributed by atoms with Crippen LogP contribution in [0.15, 0.2) is 53.1 Å². The van der Waals surface area contributed by atoms with Crippen molar-refractivity contribution in [1.82, 2.24) is 4.98 Å². The summed E-state index contributed by atoms with van der Waals surface area (Å²) >= 11 is 0. The molecule has 1 amide bonds. The summed E-state index contributed by atoms with van der Waals surface area (Å²) in [5.74, 6) is -0.0791. The van der Waals surface area contributed by atoms with Crippen LogP contribution in [0.25, 0.3) is 11.3 Å². The van der Waals surface area contributed by atoms with Crippen LogP contribution in [0.1, 0.15) is 58.4 Å². The molecule has 1 aromatic heterocycles. The van der Waals surface area contributed by atoms with Gasteiger partial charge in [-0.25, -0.2) is 14.6 Å². The Morgan fingerprint density at radius 2 is 1.58 bits per heavy atom. The highest BCUT2D eigenvalue weighted by atomic mass is 16.5. The third kappa shape index (κ3) is 6.06. The van der Waals surface area contributed by atoms with Crippen molar-refractivity contribution < 1.29 is 28.3 Å². The van der Waals surface area contributed by atoms with Gasteiger partial charge < -0.3 is 19.2 Å². The normalized spacial score (nSPS) is 10.7. The molecule has 172 valence electrons. The van der Waals surface area contributed by atoms with E-state index in [0.29, 0.717) is 17.6 Å². The third-order valence-electron chi connectivity index (χ3n) is 5.04. The van der Waals surface area contributed by atoms with E-state index in [4.69, 9.17) is 13.9 Å². The van der Waals surface area contributed by atoms with E-state index in [1.54, 1.807) is 6.20 Å². The number of nitrogens with zero attached hydrogens (tertiary/aromatic N) is 1. The van der Waals surface area contributed by atoms with Gasteiger partial charge in [-0.3, -0.25) is 4.79 Å². The van der Waals surface area contributed by atoms with Crippen LogP contribution in [0.3, 0.4) is 0 Å². The number of hydrogen-bond acceptors (Lipinski definition) is 7. The number of esters is 2. The molecule has 2 aromatic carbocycles. The highest BCUT2D eigenvalue weighted by molar-refractivity contribution is 5.99. The predicted molar refractivity (Wildman–Crippen MR) is 122 cm³/mol. The summed E-state index contributed by atoms with van der Waals surface area (Å²) in [6.45, 7) is 4.27. The molecule has 0 saturated carbocycles. The van der Waals surface area contributed by atoms with E-state index >= 15 is 0 Å². The number of amides is 1. The molecule has 3 aromatic rings. The van der Waals surface area contributed by atoms with E-state index < -0.39 is 11.9 Å². The quantitative estimate of drug-likeness (QED) is 0.499. The summed E-state index contributed by atoms with van der Waals surface area (Å²) in [4.78, 5) is 40.5. The summed E-state index contributed by atoms with van der Waals surface area (Å²) in [5, 5.41) is 2.68. The van der Waals surface area contributed by atoms with E-state index in [-0.39, 0.29) is 35.6 Å². The summed E-state index contributed by atoms with van der Waals surface area (Å²) < 4.78 is 15.2. The number of carbonyl (C=O) groups excluding carboxylic acids is 3. The van der Waals surface area contributed by atoms with Gasteiger partial charge in [0.25, 0.3) is 0 Å². The number of oxazole rings is 1. The van der Waals surface area contributed by atoms with Crippen LogP contribution in [0, 0.1) is 0 Å². The SMILES string of the molecule is COC(=O)c1cc(NC(=O)CCc2ncc(-c3ccc(C(C)C)cc3)o2)cc(C(=O)OC)c1. The minimum atomic E-state index is -0.634. The Kier molecular flexibility index (Phi) is 7.61. The topological polar surface area (TPSA) is 108 Å². The smallest absolute Gasteiger partial charge is 0.337 e. The number of nitrogens with one attached hydrogen (secondary N) is 1. The van der Waals surface area contributed by atoms with Gasteiger partial charge in [0.2, 0.25) is 5.91 Å². The molecule has 33 heavy (non-hydrogen) atoms. The minimum Gasteiger partial charge on any atom is -0.465 e. The minimum absolute atomic E-state index is 0.0995. The second-order valence-electron chi connectivity index (χ2n) is 7.73. The van der Waals surface area contributed by atoms with E-state index in [9.17, 15) is 14.4 Å². The maximum absolute atomic E-state index is 12.5. The number of ether oxygens (including phenoxy) is 2. The first-order chi connectivity index (χ1) is 15.8. The predicted octanol–water partition coefficient (Wildman–Crippen LogP) is 4.61. The zero-order valence-electron chi connectivity index (χ0n) is 19.0. The van der Waals surface area contributed by atoms with Gasteiger partial charge in [-0.05, 0) is 29.7 Å². The number of anilines is 1. The van der Waals surface area contributed by atoms with Crippen LogP contribution in [0.5, 0.6) is 0 Å². The fourth-order valence-corrected chi connectivity index (χ4v) is 3.21. The molecular weight excluding hydrogens is 424 g/mol. The maximum atomic E-state index is 12.5. The maximum Gasteiger partial charge on any atom is 0.337 e. The van der Waals surface area contributed by atoms with Crippen molar-refractivity contribution in [3.8, 4) is 11.3 Å². The van der Waals surface area contributed by atoms with Crippen molar-refractivity contribution in [1.29, 1.82) is 0 Å². The van der Waals surface area contributed by atoms with E-state index in [1.165, 1.54) is 38.0 Å². The van der Waals surface area contributed by atoms with Crippen molar-refractivity contribution in [2.24, 2.45) is 0 Å². The highest BCUT2D eigenvalue weighted by Gasteiger charge is 2.16. The Bertz CT molecular complexity index is 1110. The summed E-state index contributed by atoms with van der Waals surface area (Å²) in [5.41, 5.74) is 2.68. The Hall–Kier alpha value is -3.94. The van der Waals surface area contributed by atoms with Crippen molar-refractivity contribution in [3.63, 3.8) is 0 Å². The highest BCUT2D eigenvalue weighted by Crippen LogP contribution is 2.24. The summed E-state index contributed by atoms with van der Waals surface area (Å²) in [7, 11) is 2.46. The van der Waals surface area contributed by atoms with Gasteiger partial charge in [0, 0.05) is 24.1 Å². The first-order valence-electron chi connectivity index (χ1n) is 10.5. The molecule has 3 rings (SSSR count). The zero-order chi connectivity index (χ0) is 24.0. The van der Waals surface area contributed by atoms with E-state index in [2.05, 4.69) is 36.3 Å². The average Bonchev–Trinajstić information content (AvgIpc) is 3.30. The van der Waals surface area contributed by atoms with Crippen LogP contribution >= 0.6 is 0 Å². The van der Waals surface area contributed by atoms with E-state index in [0.717, 1.165) is 5.56 Å². The lowest BCUT2D eigenvalue weighted by Gasteiger charge is -2.09. The molecular formula is C25H26N2O6. The molecule has 0 radical (unpaired) electrons. The molecule has 0 atom stereocenters. The van der Waals surface area contributed by atoms with Gasteiger partial charge in [0.1, 0.15) is 0 Å². The van der Waals surface area contributed by atoms with Gasteiger partial charge in [-0.1, -0.05) is 38.1 Å². The second-order valence-corrected chi connectivity index (χ2v) is 7.73. The fraction of sp³-hybridized carbons (Fsp3) is 0.280. The van der Waals surface area contributed by atoms with Gasteiger partial charge in [0.15, 0.2) is 11.7 Å². The zero-order valence-corrected chi connectivity index (χ0v) is 19.0. The molecule has 0 unspecified atom stereocenters. The molecule has 0 fully saturated rings. The molecule has 1 N–H and O–H groups in total. The van der Waals surface area contributed by atoms with E-state index in [1.807, 2.05) is 12.1 Å². The second kappa shape index (κ2) is 10.6. The lowest BCUT2D eigenvalue weighted by molar-refractivity contribution is -0.116. The molecule has 1 heterocycles. The van der Waals surface area contributed by atoms with Gasteiger partial charge in [-0.15, -0.1) is 0 Å². The Morgan fingerprint density at radius 3 is 2.12 bits per heavy atom. The van der Waals surface area contributed by atoms with Crippen molar-refractivity contribution in [3.05, 3.63) is 71.2 Å². The number of aromatic nitrogens is 1. The van der Waals surface area contributed by atoms with Gasteiger partial charge in [-0.2, -0.15) is 0 Å². The Balaban J connectivity index is 1.65. The standard InChI is InChI=1S/C25H26N2O6/c1-15(2)16-5-7-17(8-6-16)21-14-26-23(33-21)10-9-22(28)27-20-12-18(24(29)31-3)11-19(13-20)25(30)32-4/h5-8,11-15H,9-10H2,1-4H3,(H,27,28). The number of aryl methyl sites for hydroxylation is 1. The molecule has 0 spiro atoms. The lowest BCUT2D eigenvalue weighted by Crippen LogP contribution is -2.14. The molecule has 0 saturated heterocycles. The number of methoxy groups -OCH3 is 2. The monoisotopic (exact) mass is 450 g/mol. The molecule has 0 bridgehead atoms. The van der Waals surface area contributed by atoms with Crippen LogP contribution in [0.4, 0.5) is 5.69 Å². The first kappa shape index (κ1) is 23.7. The summed E-state index contributed by atoms with van der Waals surface area (Å²) in [6.07, 6.45) is 2.03. The van der Waals surface area contributed by atoms with Crippen LogP contribution < -0.4 is 5.32 Å². The number of carbonyl (C=O) groups is 3. The van der Waals surface area contributed by atoms with Crippen molar-refractivity contribution in [2.45, 2.75) is 32.6 Å². The van der Waals surface area contributed by atoms with Crippen molar-refractivity contribution in [2.75, 3.05) is 19.5 Å². The molecule has 0 aliphatic carbocycles. The summed E-state index contributed by atoms with van der Waals surface area (Å²) in [6, 6.07) is 12.3. The molecule has 8 heteroatoms. The molecule has 0 aliphatic rings. The fourth-order valence-electron chi connectivity index (χ4n) is 3.21. The number of benzene rings is 2. The van der Waals surface area contributed by atoms with Crippen LogP contribution in [-0.4, -0.2) is 37.0 Å². The first-order valence-corrected chi connectivity index (χ1v) is 10.5. The van der Waals surface area contributed by atoms with Crippen molar-refractivity contribution >= 4 is 23.5 Å². The average molecular weight is 450 g/mol.